The molecule has 0 spiro atoms. The van der Waals surface area contributed by atoms with Crippen LogP contribution in [0.1, 0.15) is 36.6 Å². The van der Waals surface area contributed by atoms with Crippen molar-refractivity contribution in [2.24, 2.45) is 5.92 Å². The quantitative estimate of drug-likeness (QED) is 0.831. The summed E-state index contributed by atoms with van der Waals surface area (Å²) in [4.78, 5) is 12.0. The van der Waals surface area contributed by atoms with Crippen LogP contribution in [0.25, 0.3) is 0 Å². The first-order valence-electron chi connectivity index (χ1n) is 6.94. The van der Waals surface area contributed by atoms with Gasteiger partial charge in [-0.25, -0.2) is 0 Å². The third kappa shape index (κ3) is 4.37. The number of rotatable bonds is 3. The summed E-state index contributed by atoms with van der Waals surface area (Å²) in [7, 11) is 0. The normalized spacial score (nSPS) is 24.4. The van der Waals surface area contributed by atoms with E-state index in [-0.39, 0.29) is 12.8 Å². The number of halogens is 4. The molecule has 2 nitrogen and oxygen atoms in total. The molecule has 116 valence electrons. The molecule has 2 rings (SSSR count). The van der Waals surface area contributed by atoms with Crippen molar-refractivity contribution in [2.75, 3.05) is 0 Å². The van der Waals surface area contributed by atoms with E-state index in [2.05, 4.69) is 5.32 Å². The molecule has 3 unspecified atom stereocenters. The van der Waals surface area contributed by atoms with Gasteiger partial charge in [-0.15, -0.1) is 11.6 Å². The molecule has 0 bridgehead atoms. The van der Waals surface area contributed by atoms with Crippen LogP contribution >= 0.6 is 11.6 Å². The van der Waals surface area contributed by atoms with Crippen LogP contribution in [0.4, 0.5) is 13.2 Å². The first-order valence-corrected chi connectivity index (χ1v) is 7.37. The Morgan fingerprint density at radius 3 is 2.52 bits per heavy atom. The summed E-state index contributed by atoms with van der Waals surface area (Å²) in [5, 5.41) is 1.77. The van der Waals surface area contributed by atoms with Crippen molar-refractivity contribution in [2.45, 2.75) is 43.3 Å². The zero-order valence-electron chi connectivity index (χ0n) is 11.4. The van der Waals surface area contributed by atoms with Crippen LogP contribution in [0.3, 0.4) is 0 Å². The van der Waals surface area contributed by atoms with Crippen molar-refractivity contribution in [3.63, 3.8) is 0 Å². The number of hydrogen-bond donors (Lipinski definition) is 1. The molecular weight excluding hydrogens is 303 g/mol. The van der Waals surface area contributed by atoms with Crippen LogP contribution in [0, 0.1) is 5.92 Å². The van der Waals surface area contributed by atoms with Crippen molar-refractivity contribution in [3.8, 4) is 0 Å². The highest BCUT2D eigenvalue weighted by molar-refractivity contribution is 6.30. The van der Waals surface area contributed by atoms with Crippen LogP contribution in [-0.4, -0.2) is 18.1 Å². The van der Waals surface area contributed by atoms with E-state index in [0.29, 0.717) is 18.4 Å². The third-order valence-corrected chi connectivity index (χ3v) is 4.26. The monoisotopic (exact) mass is 319 g/mol. The van der Waals surface area contributed by atoms with Crippen LogP contribution in [0.15, 0.2) is 30.3 Å². The second-order valence-corrected chi connectivity index (χ2v) is 5.82. The SMILES string of the molecule is O=C(NC1CCCC(C(F)(F)F)C1)C(Cl)c1ccccc1. The summed E-state index contributed by atoms with van der Waals surface area (Å²) < 4.78 is 38.2. The zero-order chi connectivity index (χ0) is 15.5. The van der Waals surface area contributed by atoms with Gasteiger partial charge in [-0.1, -0.05) is 36.8 Å². The fourth-order valence-electron chi connectivity index (χ4n) is 2.67. The Labute approximate surface area is 126 Å². The van der Waals surface area contributed by atoms with E-state index in [0.717, 1.165) is 0 Å². The van der Waals surface area contributed by atoms with Gasteiger partial charge >= 0.3 is 6.18 Å². The van der Waals surface area contributed by atoms with Crippen molar-refractivity contribution in [1.29, 1.82) is 0 Å². The number of nitrogens with one attached hydrogen (secondary N) is 1. The van der Waals surface area contributed by atoms with E-state index in [1.165, 1.54) is 0 Å². The van der Waals surface area contributed by atoms with Gasteiger partial charge in [0.2, 0.25) is 5.91 Å². The predicted molar refractivity (Wildman–Crippen MR) is 75.0 cm³/mol. The lowest BCUT2D eigenvalue weighted by Crippen LogP contribution is -2.42. The van der Waals surface area contributed by atoms with Crippen molar-refractivity contribution in [3.05, 3.63) is 35.9 Å². The lowest BCUT2D eigenvalue weighted by atomic mass is 9.85. The average Bonchev–Trinajstić information content (AvgIpc) is 2.47. The van der Waals surface area contributed by atoms with E-state index < -0.39 is 29.4 Å². The average molecular weight is 320 g/mol. The topological polar surface area (TPSA) is 29.1 Å². The Morgan fingerprint density at radius 2 is 1.90 bits per heavy atom. The van der Waals surface area contributed by atoms with Gasteiger partial charge < -0.3 is 5.32 Å². The molecule has 1 saturated carbocycles. The molecule has 1 aliphatic carbocycles. The Kier molecular flexibility index (Phi) is 5.14. The van der Waals surface area contributed by atoms with Gasteiger partial charge in [-0.2, -0.15) is 13.2 Å². The smallest absolute Gasteiger partial charge is 0.352 e. The van der Waals surface area contributed by atoms with Crippen molar-refractivity contribution < 1.29 is 18.0 Å². The van der Waals surface area contributed by atoms with E-state index >= 15 is 0 Å². The van der Waals surface area contributed by atoms with Crippen LogP contribution in [-0.2, 0) is 4.79 Å². The lowest BCUT2D eigenvalue weighted by Gasteiger charge is -2.31. The second-order valence-electron chi connectivity index (χ2n) is 5.38. The van der Waals surface area contributed by atoms with E-state index in [1.54, 1.807) is 30.3 Å². The minimum Gasteiger partial charge on any atom is -0.352 e. The number of alkyl halides is 4. The summed E-state index contributed by atoms with van der Waals surface area (Å²) in [6.07, 6.45) is -3.08. The maximum Gasteiger partial charge on any atom is 0.391 e. The lowest BCUT2D eigenvalue weighted by molar-refractivity contribution is -0.184. The molecule has 1 fully saturated rings. The van der Waals surface area contributed by atoms with Gasteiger partial charge in [0.25, 0.3) is 0 Å². The molecule has 0 aromatic heterocycles. The molecule has 3 atom stereocenters. The number of carbonyl (C=O) groups excluding carboxylic acids is 1. The number of amides is 1. The van der Waals surface area contributed by atoms with Crippen LogP contribution in [0.5, 0.6) is 0 Å². The molecule has 1 amide bonds. The molecule has 0 aliphatic heterocycles. The Balaban J connectivity index is 1.93. The molecular formula is C15H17ClF3NO. The minimum absolute atomic E-state index is 0.0619. The van der Waals surface area contributed by atoms with Gasteiger partial charge in [0.05, 0.1) is 5.92 Å². The highest BCUT2D eigenvalue weighted by atomic mass is 35.5. The highest BCUT2D eigenvalue weighted by Crippen LogP contribution is 2.37. The first kappa shape index (κ1) is 16.1. The first-order chi connectivity index (χ1) is 9.88. The van der Waals surface area contributed by atoms with Gasteiger partial charge in [0, 0.05) is 6.04 Å². The molecule has 1 aliphatic rings. The Morgan fingerprint density at radius 1 is 1.24 bits per heavy atom. The zero-order valence-corrected chi connectivity index (χ0v) is 12.1. The molecule has 0 heterocycles. The number of carbonyl (C=O) groups is 1. The summed E-state index contributed by atoms with van der Waals surface area (Å²) in [5.74, 6) is -1.77. The third-order valence-electron chi connectivity index (χ3n) is 3.81. The van der Waals surface area contributed by atoms with E-state index in [1.807, 2.05) is 0 Å². The molecule has 1 aromatic rings. The molecule has 1 N–H and O–H groups in total. The minimum atomic E-state index is -4.19. The molecule has 21 heavy (non-hydrogen) atoms. The standard InChI is InChI=1S/C15H17ClF3NO/c16-13(10-5-2-1-3-6-10)14(21)20-12-8-4-7-11(9-12)15(17,18)19/h1-3,5-6,11-13H,4,7-9H2,(H,20,21). The van der Waals surface area contributed by atoms with Gasteiger partial charge in [0.1, 0.15) is 5.38 Å². The van der Waals surface area contributed by atoms with Crippen LogP contribution < -0.4 is 5.32 Å². The number of hydrogen-bond acceptors (Lipinski definition) is 1. The fraction of sp³-hybridized carbons (Fsp3) is 0.533. The van der Waals surface area contributed by atoms with Crippen LogP contribution in [0.2, 0.25) is 0 Å². The van der Waals surface area contributed by atoms with Gasteiger partial charge in [0.15, 0.2) is 0 Å². The molecule has 0 radical (unpaired) electrons. The van der Waals surface area contributed by atoms with Gasteiger partial charge in [-0.05, 0) is 24.8 Å². The second kappa shape index (κ2) is 6.69. The molecule has 1 aromatic carbocycles. The maximum atomic E-state index is 12.7. The number of benzene rings is 1. The highest BCUT2D eigenvalue weighted by Gasteiger charge is 2.42. The summed E-state index contributed by atoms with van der Waals surface area (Å²) in [6, 6.07) is 8.31. The van der Waals surface area contributed by atoms with E-state index in [9.17, 15) is 18.0 Å². The van der Waals surface area contributed by atoms with Crippen molar-refractivity contribution in [1.82, 2.24) is 5.32 Å². The molecule has 0 saturated heterocycles. The summed E-state index contributed by atoms with van der Waals surface area (Å²) >= 11 is 6.07. The largest absolute Gasteiger partial charge is 0.391 e. The Hall–Kier alpha value is -1.23. The predicted octanol–water partition coefficient (Wildman–Crippen LogP) is 4.20. The summed E-state index contributed by atoms with van der Waals surface area (Å²) in [5.41, 5.74) is 0.639. The summed E-state index contributed by atoms with van der Waals surface area (Å²) in [6.45, 7) is 0. The maximum absolute atomic E-state index is 12.7. The Bertz CT molecular complexity index is 478. The van der Waals surface area contributed by atoms with Gasteiger partial charge in [-0.3, -0.25) is 4.79 Å². The van der Waals surface area contributed by atoms with Crippen molar-refractivity contribution >= 4 is 17.5 Å². The fourth-order valence-corrected chi connectivity index (χ4v) is 2.87. The van der Waals surface area contributed by atoms with E-state index in [4.69, 9.17) is 11.6 Å². The molecule has 6 heteroatoms.